The second-order valence-corrected chi connectivity index (χ2v) is 8.44. The smallest absolute Gasteiger partial charge is 0.272 e. The minimum atomic E-state index is -0.267. The number of carbonyl (C=O) groups excluding carboxylic acids is 2. The van der Waals surface area contributed by atoms with E-state index >= 15 is 0 Å². The Morgan fingerprint density at radius 3 is 2.61 bits per heavy atom. The first-order valence-electron chi connectivity index (χ1n) is 11.1. The summed E-state index contributed by atoms with van der Waals surface area (Å²) in [5.41, 5.74) is 0.898. The van der Waals surface area contributed by atoms with E-state index in [0.717, 1.165) is 23.6 Å². The zero-order chi connectivity index (χ0) is 22.8. The predicted octanol–water partition coefficient (Wildman–Crippen LogP) is 3.04. The van der Waals surface area contributed by atoms with Gasteiger partial charge in [-0.1, -0.05) is 48.5 Å². The maximum Gasteiger partial charge on any atom is 0.272 e. The molecule has 7 heteroatoms. The highest BCUT2D eigenvalue weighted by Crippen LogP contribution is 2.18. The van der Waals surface area contributed by atoms with Crippen molar-refractivity contribution in [2.24, 2.45) is 0 Å². The fourth-order valence-corrected chi connectivity index (χ4v) is 4.48. The second kappa shape index (κ2) is 8.86. The lowest BCUT2D eigenvalue weighted by Gasteiger charge is -2.33. The second-order valence-electron chi connectivity index (χ2n) is 8.44. The van der Waals surface area contributed by atoms with Crippen molar-refractivity contribution in [2.45, 2.75) is 25.3 Å². The van der Waals surface area contributed by atoms with Gasteiger partial charge in [-0.05, 0) is 41.8 Å². The number of hydrogen-bond donors (Lipinski definition) is 2. The number of piperidine rings is 1. The summed E-state index contributed by atoms with van der Waals surface area (Å²) in [5.74, 6) is -0.197. The number of hydrogen-bond acceptors (Lipinski definition) is 4. The molecule has 0 radical (unpaired) electrons. The van der Waals surface area contributed by atoms with Crippen LogP contribution in [-0.4, -0.2) is 46.0 Å². The number of rotatable bonds is 4. The van der Waals surface area contributed by atoms with Gasteiger partial charge in [-0.2, -0.15) is 5.10 Å². The molecule has 166 valence electrons. The number of nitrogens with zero attached hydrogens (tertiary/aromatic N) is 2. The molecule has 0 aliphatic carbocycles. The van der Waals surface area contributed by atoms with Crippen molar-refractivity contribution in [3.63, 3.8) is 0 Å². The normalized spacial score (nSPS) is 16.1. The van der Waals surface area contributed by atoms with E-state index in [1.807, 2.05) is 54.6 Å². The molecule has 2 heterocycles. The van der Waals surface area contributed by atoms with Crippen LogP contribution in [0.1, 0.15) is 28.9 Å². The highest BCUT2D eigenvalue weighted by Gasteiger charge is 2.26. The minimum absolute atomic E-state index is 0.0654. The van der Waals surface area contributed by atoms with Crippen molar-refractivity contribution >= 4 is 33.4 Å². The number of aromatic amines is 1. The van der Waals surface area contributed by atoms with Gasteiger partial charge in [0.05, 0.1) is 17.5 Å². The minimum Gasteiger partial charge on any atom is -0.348 e. The van der Waals surface area contributed by atoms with Gasteiger partial charge in [0.2, 0.25) is 5.91 Å². The number of amides is 2. The number of H-pyrrole nitrogens is 1. The molecule has 0 spiro atoms. The first kappa shape index (κ1) is 20.9. The monoisotopic (exact) mass is 440 g/mol. The Bertz CT molecular complexity index is 1410. The molecule has 0 bridgehead atoms. The first-order valence-corrected chi connectivity index (χ1v) is 11.1. The molecule has 3 aromatic carbocycles. The molecule has 2 N–H and O–H groups in total. The largest absolute Gasteiger partial charge is 0.348 e. The van der Waals surface area contributed by atoms with E-state index in [1.54, 1.807) is 17.0 Å². The van der Waals surface area contributed by atoms with E-state index in [-0.39, 0.29) is 29.8 Å². The van der Waals surface area contributed by atoms with Crippen LogP contribution in [0.25, 0.3) is 21.5 Å². The summed E-state index contributed by atoms with van der Waals surface area (Å²) in [4.78, 5) is 39.6. The number of carbonyl (C=O) groups is 2. The lowest BCUT2D eigenvalue weighted by Crippen LogP contribution is -2.50. The average molecular weight is 441 g/mol. The van der Waals surface area contributed by atoms with Crippen LogP contribution in [0.2, 0.25) is 0 Å². The predicted molar refractivity (Wildman–Crippen MR) is 127 cm³/mol. The third-order valence-electron chi connectivity index (χ3n) is 6.21. The number of nitrogens with one attached hydrogen (secondary N) is 2. The van der Waals surface area contributed by atoms with Crippen molar-refractivity contribution in [3.8, 4) is 0 Å². The maximum atomic E-state index is 13.0. The zero-order valence-electron chi connectivity index (χ0n) is 18.1. The van der Waals surface area contributed by atoms with Gasteiger partial charge in [0.15, 0.2) is 0 Å². The summed E-state index contributed by atoms with van der Waals surface area (Å²) in [6.07, 6.45) is 1.74. The first-order chi connectivity index (χ1) is 16.1. The molecule has 1 aromatic heterocycles. The molecular weight excluding hydrogens is 416 g/mol. The highest BCUT2D eigenvalue weighted by molar-refractivity contribution is 5.98. The number of likely N-dealkylation sites (tertiary alicyclic amines) is 1. The van der Waals surface area contributed by atoms with Gasteiger partial charge in [-0.3, -0.25) is 14.4 Å². The number of benzene rings is 3. The van der Waals surface area contributed by atoms with Crippen LogP contribution in [0.5, 0.6) is 0 Å². The van der Waals surface area contributed by atoms with E-state index in [1.165, 1.54) is 0 Å². The Balaban J connectivity index is 1.26. The lowest BCUT2D eigenvalue weighted by atomic mass is 10.0. The average Bonchev–Trinajstić information content (AvgIpc) is 2.85. The Labute approximate surface area is 190 Å². The standard InChI is InChI=1S/C26H24N4O3/c31-24(15-23-21-9-3-4-10-22(21)26(33)29-28-23)30-13-5-8-20(16-30)27-25(32)19-12-11-17-6-1-2-7-18(17)14-19/h1-4,6-7,9-12,14,20H,5,8,13,15-16H2,(H,27,32)(H,29,33). The van der Waals surface area contributed by atoms with Crippen LogP contribution in [-0.2, 0) is 11.2 Å². The zero-order valence-corrected chi connectivity index (χ0v) is 18.1. The molecule has 33 heavy (non-hydrogen) atoms. The Morgan fingerprint density at radius 2 is 1.76 bits per heavy atom. The number of fused-ring (bicyclic) bond motifs is 2. The van der Waals surface area contributed by atoms with E-state index in [0.29, 0.717) is 35.1 Å². The third kappa shape index (κ3) is 4.35. The van der Waals surface area contributed by atoms with Crippen LogP contribution in [0.15, 0.2) is 71.5 Å². The molecule has 1 aliphatic rings. The lowest BCUT2D eigenvalue weighted by molar-refractivity contribution is -0.131. The summed E-state index contributed by atoms with van der Waals surface area (Å²) in [5, 5.41) is 13.0. The summed E-state index contributed by atoms with van der Waals surface area (Å²) < 4.78 is 0. The van der Waals surface area contributed by atoms with Gasteiger partial charge in [0.25, 0.3) is 11.5 Å². The van der Waals surface area contributed by atoms with Gasteiger partial charge in [-0.25, -0.2) is 5.10 Å². The Kier molecular flexibility index (Phi) is 5.60. The number of aromatic nitrogens is 2. The molecule has 2 amide bonds. The van der Waals surface area contributed by atoms with Crippen LogP contribution in [0, 0.1) is 0 Å². The third-order valence-corrected chi connectivity index (χ3v) is 6.21. The molecule has 4 aromatic rings. The van der Waals surface area contributed by atoms with E-state index in [4.69, 9.17) is 0 Å². The van der Waals surface area contributed by atoms with Gasteiger partial charge in [0, 0.05) is 30.1 Å². The van der Waals surface area contributed by atoms with Gasteiger partial charge < -0.3 is 10.2 Å². The molecular formula is C26H24N4O3. The van der Waals surface area contributed by atoms with Crippen molar-refractivity contribution in [1.82, 2.24) is 20.4 Å². The summed E-state index contributed by atoms with van der Waals surface area (Å²) in [6, 6.07) is 20.6. The maximum absolute atomic E-state index is 13.0. The SMILES string of the molecule is O=C(NC1CCCN(C(=O)Cc2n[nH]c(=O)c3ccccc23)C1)c1ccc2ccccc2c1. The summed E-state index contributed by atoms with van der Waals surface area (Å²) in [6.45, 7) is 1.10. The molecule has 0 saturated carbocycles. The van der Waals surface area contributed by atoms with E-state index < -0.39 is 0 Å². The van der Waals surface area contributed by atoms with Crippen LogP contribution < -0.4 is 10.9 Å². The Morgan fingerprint density at radius 1 is 1.00 bits per heavy atom. The van der Waals surface area contributed by atoms with Crippen molar-refractivity contribution in [1.29, 1.82) is 0 Å². The van der Waals surface area contributed by atoms with Crippen molar-refractivity contribution in [3.05, 3.63) is 88.3 Å². The molecule has 1 atom stereocenters. The summed E-state index contributed by atoms with van der Waals surface area (Å²) >= 11 is 0. The quantitative estimate of drug-likeness (QED) is 0.510. The summed E-state index contributed by atoms with van der Waals surface area (Å²) in [7, 11) is 0. The van der Waals surface area contributed by atoms with Gasteiger partial charge in [0.1, 0.15) is 0 Å². The topological polar surface area (TPSA) is 95.2 Å². The van der Waals surface area contributed by atoms with Gasteiger partial charge >= 0.3 is 0 Å². The molecule has 5 rings (SSSR count). The van der Waals surface area contributed by atoms with Crippen molar-refractivity contribution < 1.29 is 9.59 Å². The molecule has 1 saturated heterocycles. The van der Waals surface area contributed by atoms with E-state index in [9.17, 15) is 14.4 Å². The molecule has 1 fully saturated rings. The van der Waals surface area contributed by atoms with Crippen LogP contribution >= 0.6 is 0 Å². The highest BCUT2D eigenvalue weighted by atomic mass is 16.2. The molecule has 1 aliphatic heterocycles. The Hall–Kier alpha value is -4.00. The van der Waals surface area contributed by atoms with Crippen molar-refractivity contribution in [2.75, 3.05) is 13.1 Å². The molecule has 7 nitrogen and oxygen atoms in total. The fraction of sp³-hybridized carbons (Fsp3) is 0.231. The van der Waals surface area contributed by atoms with Gasteiger partial charge in [-0.15, -0.1) is 0 Å². The van der Waals surface area contributed by atoms with Crippen LogP contribution in [0.3, 0.4) is 0 Å². The molecule has 1 unspecified atom stereocenters. The van der Waals surface area contributed by atoms with E-state index in [2.05, 4.69) is 15.5 Å². The fourth-order valence-electron chi connectivity index (χ4n) is 4.48. The van der Waals surface area contributed by atoms with Crippen LogP contribution in [0.4, 0.5) is 0 Å².